The summed E-state index contributed by atoms with van der Waals surface area (Å²) in [4.78, 5) is 18.0. The van der Waals surface area contributed by atoms with Crippen LogP contribution in [0.5, 0.6) is 0 Å². The number of rotatable bonds is 3. The average molecular weight is 174 g/mol. The lowest BCUT2D eigenvalue weighted by Crippen LogP contribution is -2.26. The fourth-order valence-electron chi connectivity index (χ4n) is 0.544. The molecule has 0 saturated carbocycles. The molecule has 0 aliphatic heterocycles. The summed E-state index contributed by atoms with van der Waals surface area (Å²) >= 11 is 0. The third kappa shape index (κ3) is 1.31. The molecule has 0 saturated heterocycles. The second kappa shape index (κ2) is 2.86. The highest BCUT2D eigenvalue weighted by atomic mass is 16.7. The molecular formula is C2H2N6O4. The van der Waals surface area contributed by atoms with Crippen LogP contribution in [-0.2, 0) is 0 Å². The van der Waals surface area contributed by atoms with E-state index in [1.807, 2.05) is 0 Å². The third-order valence-corrected chi connectivity index (χ3v) is 0.979. The molecule has 0 atom stereocenters. The molecule has 1 rings (SSSR count). The van der Waals surface area contributed by atoms with Gasteiger partial charge in [-0.1, -0.05) is 0 Å². The van der Waals surface area contributed by atoms with E-state index in [-0.39, 0.29) is 0 Å². The SMILES string of the molecule is O=[N+]([O-])C(n1cnnn1)[N+](=O)[O-]. The molecule has 0 aliphatic carbocycles. The lowest BCUT2D eigenvalue weighted by atomic mass is 10.9. The smallest absolute Gasteiger partial charge is 0.257 e. The van der Waals surface area contributed by atoms with Crippen molar-refractivity contribution in [3.05, 3.63) is 26.6 Å². The molecule has 0 aromatic carbocycles. The first-order valence-corrected chi connectivity index (χ1v) is 2.62. The van der Waals surface area contributed by atoms with E-state index in [0.717, 1.165) is 6.33 Å². The van der Waals surface area contributed by atoms with Crippen LogP contribution in [0.25, 0.3) is 0 Å². The minimum Gasteiger partial charge on any atom is -0.257 e. The third-order valence-electron chi connectivity index (χ3n) is 0.979. The van der Waals surface area contributed by atoms with Crippen molar-refractivity contribution in [2.75, 3.05) is 0 Å². The van der Waals surface area contributed by atoms with Crippen LogP contribution in [0, 0.1) is 20.2 Å². The summed E-state index contributed by atoms with van der Waals surface area (Å²) in [5.74, 6) is 0. The first kappa shape index (κ1) is 7.97. The van der Waals surface area contributed by atoms with E-state index in [2.05, 4.69) is 15.5 Å². The molecule has 0 unspecified atom stereocenters. The van der Waals surface area contributed by atoms with E-state index < -0.39 is 16.1 Å². The zero-order chi connectivity index (χ0) is 9.14. The largest absolute Gasteiger partial charge is 0.556 e. The topological polar surface area (TPSA) is 130 Å². The van der Waals surface area contributed by atoms with Crippen LogP contribution < -0.4 is 0 Å². The first-order chi connectivity index (χ1) is 5.63. The maximum Gasteiger partial charge on any atom is 0.556 e. The molecule has 0 radical (unpaired) electrons. The van der Waals surface area contributed by atoms with E-state index in [9.17, 15) is 20.2 Å². The zero-order valence-electron chi connectivity index (χ0n) is 5.47. The molecule has 1 aromatic rings. The van der Waals surface area contributed by atoms with Crippen LogP contribution in [0.3, 0.4) is 0 Å². The summed E-state index contributed by atoms with van der Waals surface area (Å²) < 4.78 is 0.444. The molecule has 1 heterocycles. The van der Waals surface area contributed by atoms with Gasteiger partial charge in [0.1, 0.15) is 9.85 Å². The van der Waals surface area contributed by atoms with Gasteiger partial charge < -0.3 is 0 Å². The van der Waals surface area contributed by atoms with E-state index >= 15 is 0 Å². The summed E-state index contributed by atoms with van der Waals surface area (Å²) in [6.07, 6.45) is -1.35. The van der Waals surface area contributed by atoms with Crippen molar-refractivity contribution in [2.45, 2.75) is 6.29 Å². The number of nitro groups is 2. The Balaban J connectivity index is 2.96. The Labute approximate surface area is 64.1 Å². The van der Waals surface area contributed by atoms with Crippen LogP contribution in [0.15, 0.2) is 6.33 Å². The normalized spacial score (nSPS) is 10.1. The fraction of sp³-hybridized carbons (Fsp3) is 0.500. The summed E-state index contributed by atoms with van der Waals surface area (Å²) in [6.45, 7) is 0. The van der Waals surface area contributed by atoms with Crippen LogP contribution in [0.1, 0.15) is 6.29 Å². The fourth-order valence-corrected chi connectivity index (χ4v) is 0.544. The second-order valence-electron chi connectivity index (χ2n) is 1.71. The molecular weight excluding hydrogens is 172 g/mol. The number of hydrogen-bond acceptors (Lipinski definition) is 7. The monoisotopic (exact) mass is 174 g/mol. The van der Waals surface area contributed by atoms with E-state index in [1.165, 1.54) is 0 Å². The van der Waals surface area contributed by atoms with Crippen molar-refractivity contribution in [1.29, 1.82) is 0 Å². The number of hydrogen-bond donors (Lipinski definition) is 0. The second-order valence-corrected chi connectivity index (χ2v) is 1.71. The van der Waals surface area contributed by atoms with Crippen LogP contribution >= 0.6 is 0 Å². The molecule has 0 N–H and O–H groups in total. The molecule has 10 nitrogen and oxygen atoms in total. The van der Waals surface area contributed by atoms with Gasteiger partial charge in [0.15, 0.2) is 6.33 Å². The van der Waals surface area contributed by atoms with E-state index in [0.29, 0.717) is 4.68 Å². The van der Waals surface area contributed by atoms with E-state index in [4.69, 9.17) is 0 Å². The van der Waals surface area contributed by atoms with Crippen molar-refractivity contribution >= 4 is 0 Å². The standard InChI is InChI=1S/C2H2N6O4/c9-7(10)2(8(11)12)6-1-3-4-5-6/h1-2H. The molecule has 0 bridgehead atoms. The molecule has 0 fully saturated rings. The Kier molecular flexibility index (Phi) is 1.90. The van der Waals surface area contributed by atoms with Gasteiger partial charge in [-0.25, -0.2) is 0 Å². The van der Waals surface area contributed by atoms with Crippen molar-refractivity contribution in [3.8, 4) is 0 Å². The molecule has 0 aliphatic rings. The zero-order valence-corrected chi connectivity index (χ0v) is 5.47. The summed E-state index contributed by atoms with van der Waals surface area (Å²) in [5, 5.41) is 29.3. The minimum absolute atomic E-state index is 0.444. The molecule has 0 spiro atoms. The van der Waals surface area contributed by atoms with Crippen LogP contribution in [-0.4, -0.2) is 30.1 Å². The Morgan fingerprint density at radius 2 is 1.92 bits per heavy atom. The van der Waals surface area contributed by atoms with Crippen molar-refractivity contribution in [1.82, 2.24) is 20.2 Å². The van der Waals surface area contributed by atoms with Gasteiger partial charge in [-0.3, -0.25) is 20.2 Å². The van der Waals surface area contributed by atoms with Crippen molar-refractivity contribution in [2.24, 2.45) is 0 Å². The van der Waals surface area contributed by atoms with Gasteiger partial charge in [-0.05, 0) is 10.4 Å². The summed E-state index contributed by atoms with van der Waals surface area (Å²) in [7, 11) is 0. The molecule has 10 heteroatoms. The Bertz CT molecular complexity index is 279. The number of tetrazole rings is 1. The van der Waals surface area contributed by atoms with Gasteiger partial charge in [0.2, 0.25) is 0 Å². The van der Waals surface area contributed by atoms with Gasteiger partial charge in [0.25, 0.3) is 0 Å². The maximum atomic E-state index is 10.1. The Hall–Kier alpha value is -2.13. The number of nitrogens with zero attached hydrogens (tertiary/aromatic N) is 6. The predicted octanol–water partition coefficient (Wildman–Crippen LogP) is -1.32. The van der Waals surface area contributed by atoms with Crippen molar-refractivity contribution in [3.63, 3.8) is 0 Å². The quantitative estimate of drug-likeness (QED) is 0.315. The van der Waals surface area contributed by atoms with Crippen LogP contribution in [0.4, 0.5) is 0 Å². The lowest BCUT2D eigenvalue weighted by molar-refractivity contribution is -0.775. The average Bonchev–Trinajstić information content (AvgIpc) is 2.37. The van der Waals surface area contributed by atoms with Gasteiger partial charge >= 0.3 is 6.29 Å². The molecule has 64 valence electrons. The lowest BCUT2D eigenvalue weighted by Gasteiger charge is -1.97. The van der Waals surface area contributed by atoms with Crippen molar-refractivity contribution < 1.29 is 9.85 Å². The Morgan fingerprint density at radius 1 is 1.33 bits per heavy atom. The predicted molar refractivity (Wildman–Crippen MR) is 30.8 cm³/mol. The van der Waals surface area contributed by atoms with Gasteiger partial charge in [-0.2, -0.15) is 0 Å². The van der Waals surface area contributed by atoms with Gasteiger partial charge in [0.05, 0.1) is 0 Å². The highest BCUT2D eigenvalue weighted by molar-refractivity contribution is 4.45. The highest BCUT2D eigenvalue weighted by Gasteiger charge is 2.35. The number of aromatic nitrogens is 4. The Morgan fingerprint density at radius 3 is 2.25 bits per heavy atom. The first-order valence-electron chi connectivity index (χ1n) is 2.62. The molecule has 1 aromatic heterocycles. The minimum atomic E-state index is -2.15. The van der Waals surface area contributed by atoms with Gasteiger partial charge in [-0.15, -0.1) is 9.78 Å². The summed E-state index contributed by atoms with van der Waals surface area (Å²) in [5.41, 5.74) is 0. The molecule has 0 amide bonds. The summed E-state index contributed by atoms with van der Waals surface area (Å²) in [6, 6.07) is 0. The van der Waals surface area contributed by atoms with Crippen LogP contribution in [0.2, 0.25) is 0 Å². The maximum absolute atomic E-state index is 10.1. The van der Waals surface area contributed by atoms with E-state index in [1.54, 1.807) is 0 Å². The highest BCUT2D eigenvalue weighted by Crippen LogP contribution is 2.03. The van der Waals surface area contributed by atoms with Gasteiger partial charge in [0, 0.05) is 0 Å². The molecule has 12 heavy (non-hydrogen) atoms.